The summed E-state index contributed by atoms with van der Waals surface area (Å²) in [5.74, 6) is 0.856. The number of piperidine rings is 1. The van der Waals surface area contributed by atoms with Crippen LogP contribution >= 0.6 is 0 Å². The van der Waals surface area contributed by atoms with Gasteiger partial charge in [0.15, 0.2) is 0 Å². The van der Waals surface area contributed by atoms with Gasteiger partial charge in [-0.2, -0.15) is 0 Å². The fraction of sp³-hybridized carbons (Fsp3) is 1.00. The van der Waals surface area contributed by atoms with Crippen LogP contribution in [0.5, 0.6) is 0 Å². The molecule has 2 saturated heterocycles. The number of likely N-dealkylation sites (tertiary alicyclic amines) is 1. The molecular weight excluding hydrogens is 278 g/mol. The summed E-state index contributed by atoms with van der Waals surface area (Å²) in [4.78, 5) is 7.34. The molecule has 22 heavy (non-hydrogen) atoms. The highest BCUT2D eigenvalue weighted by Crippen LogP contribution is 2.16. The highest BCUT2D eigenvalue weighted by atomic mass is 16.5. The topological polar surface area (TPSA) is 39.2 Å². The Morgan fingerprint density at radius 2 is 1.73 bits per heavy atom. The van der Waals surface area contributed by atoms with Crippen molar-refractivity contribution in [3.63, 3.8) is 0 Å². The van der Waals surface area contributed by atoms with E-state index >= 15 is 0 Å². The minimum absolute atomic E-state index is 0.217. The Morgan fingerprint density at radius 3 is 2.36 bits per heavy atom. The van der Waals surface area contributed by atoms with Crippen molar-refractivity contribution in [2.45, 2.75) is 38.8 Å². The Kier molecular flexibility index (Phi) is 7.57. The maximum absolute atomic E-state index is 10.4. The van der Waals surface area contributed by atoms with Gasteiger partial charge in [-0.05, 0) is 38.8 Å². The fourth-order valence-electron chi connectivity index (χ4n) is 3.68. The van der Waals surface area contributed by atoms with Crippen molar-refractivity contribution in [3.8, 4) is 0 Å². The standard InChI is InChI=1S/C17H35N3O2/c1-15-4-6-18(7-5-15)13-17(21)14-19-8-9-20(10-11-22-3)16(2)12-19/h15-17,21H,4-14H2,1-3H3. The molecule has 0 spiro atoms. The summed E-state index contributed by atoms with van der Waals surface area (Å²) in [7, 11) is 1.76. The van der Waals surface area contributed by atoms with Gasteiger partial charge in [-0.25, -0.2) is 0 Å². The molecule has 2 heterocycles. The molecule has 1 N–H and O–H groups in total. The van der Waals surface area contributed by atoms with E-state index in [0.717, 1.165) is 64.9 Å². The second-order valence-electron chi connectivity index (χ2n) is 7.27. The zero-order valence-electron chi connectivity index (χ0n) is 14.7. The van der Waals surface area contributed by atoms with Crippen LogP contribution in [0.2, 0.25) is 0 Å². The summed E-state index contributed by atoms with van der Waals surface area (Å²) in [6.45, 7) is 13.6. The van der Waals surface area contributed by atoms with Crippen LogP contribution in [0, 0.1) is 5.92 Å². The van der Waals surface area contributed by atoms with E-state index in [-0.39, 0.29) is 6.10 Å². The molecule has 0 amide bonds. The molecule has 5 nitrogen and oxygen atoms in total. The molecule has 2 unspecified atom stereocenters. The summed E-state index contributed by atoms with van der Waals surface area (Å²) < 4.78 is 5.18. The van der Waals surface area contributed by atoms with Crippen molar-refractivity contribution in [1.82, 2.24) is 14.7 Å². The normalized spacial score (nSPS) is 28.1. The van der Waals surface area contributed by atoms with Crippen molar-refractivity contribution in [3.05, 3.63) is 0 Å². The van der Waals surface area contributed by atoms with Gasteiger partial charge < -0.3 is 14.7 Å². The lowest BCUT2D eigenvalue weighted by Crippen LogP contribution is -2.54. The number of hydrogen-bond donors (Lipinski definition) is 1. The minimum Gasteiger partial charge on any atom is -0.390 e. The first-order valence-corrected chi connectivity index (χ1v) is 8.94. The number of methoxy groups -OCH3 is 1. The average molecular weight is 313 g/mol. The van der Waals surface area contributed by atoms with Crippen LogP contribution in [0.25, 0.3) is 0 Å². The van der Waals surface area contributed by atoms with Crippen LogP contribution in [0.15, 0.2) is 0 Å². The van der Waals surface area contributed by atoms with Crippen molar-refractivity contribution in [2.24, 2.45) is 5.92 Å². The fourth-order valence-corrected chi connectivity index (χ4v) is 3.68. The second-order valence-corrected chi connectivity index (χ2v) is 7.27. The number of rotatable bonds is 7. The number of β-amino-alcohol motifs (C(OH)–C–C–N with tert-alkyl or cyclic N) is 1. The SMILES string of the molecule is COCCN1CCN(CC(O)CN2CCC(C)CC2)CC1C. The van der Waals surface area contributed by atoms with E-state index < -0.39 is 0 Å². The molecule has 0 aromatic rings. The van der Waals surface area contributed by atoms with Gasteiger partial charge in [-0.1, -0.05) is 6.92 Å². The van der Waals surface area contributed by atoms with Crippen molar-refractivity contribution < 1.29 is 9.84 Å². The van der Waals surface area contributed by atoms with Gasteiger partial charge in [0.2, 0.25) is 0 Å². The molecule has 2 aliphatic rings. The monoisotopic (exact) mass is 313 g/mol. The van der Waals surface area contributed by atoms with E-state index in [1.54, 1.807) is 7.11 Å². The number of aliphatic hydroxyl groups excluding tert-OH is 1. The number of piperazine rings is 1. The zero-order chi connectivity index (χ0) is 15.9. The van der Waals surface area contributed by atoms with E-state index in [9.17, 15) is 5.11 Å². The first-order chi connectivity index (χ1) is 10.6. The maximum atomic E-state index is 10.4. The lowest BCUT2D eigenvalue weighted by atomic mass is 9.99. The summed E-state index contributed by atoms with van der Waals surface area (Å²) in [5.41, 5.74) is 0. The van der Waals surface area contributed by atoms with Gasteiger partial charge in [0, 0.05) is 52.4 Å². The Labute approximate surface area is 136 Å². The number of ether oxygens (including phenoxy) is 1. The average Bonchev–Trinajstić information content (AvgIpc) is 2.49. The van der Waals surface area contributed by atoms with Crippen LogP contribution in [-0.2, 0) is 4.74 Å². The maximum Gasteiger partial charge on any atom is 0.0793 e. The Hall–Kier alpha value is -0.200. The van der Waals surface area contributed by atoms with Gasteiger partial charge >= 0.3 is 0 Å². The molecule has 0 saturated carbocycles. The third kappa shape index (κ3) is 5.78. The first-order valence-electron chi connectivity index (χ1n) is 8.94. The molecule has 0 aromatic carbocycles. The molecule has 5 heteroatoms. The summed E-state index contributed by atoms with van der Waals surface area (Å²) in [6, 6.07) is 0.548. The van der Waals surface area contributed by atoms with Gasteiger partial charge in [-0.15, -0.1) is 0 Å². The number of aliphatic hydroxyl groups is 1. The summed E-state index contributed by atoms with van der Waals surface area (Å²) in [6.07, 6.45) is 2.34. The molecule has 2 rings (SSSR count). The van der Waals surface area contributed by atoms with Crippen molar-refractivity contribution >= 4 is 0 Å². The van der Waals surface area contributed by atoms with Crippen molar-refractivity contribution in [1.29, 1.82) is 0 Å². The molecular formula is C17H35N3O2. The van der Waals surface area contributed by atoms with Crippen molar-refractivity contribution in [2.75, 3.05) is 66.1 Å². The highest BCUT2D eigenvalue weighted by molar-refractivity contribution is 4.81. The second kappa shape index (κ2) is 9.18. The molecule has 2 atom stereocenters. The van der Waals surface area contributed by atoms with Crippen LogP contribution in [0.3, 0.4) is 0 Å². The van der Waals surface area contributed by atoms with Crippen LogP contribution in [0.1, 0.15) is 26.7 Å². The van der Waals surface area contributed by atoms with Crippen LogP contribution in [-0.4, -0.2) is 98.0 Å². The Balaban J connectivity index is 1.66. The lowest BCUT2D eigenvalue weighted by Gasteiger charge is -2.41. The molecule has 130 valence electrons. The van der Waals surface area contributed by atoms with Gasteiger partial charge in [-0.3, -0.25) is 9.80 Å². The van der Waals surface area contributed by atoms with E-state index in [1.807, 2.05) is 0 Å². The third-order valence-corrected chi connectivity index (χ3v) is 5.25. The molecule has 0 aliphatic carbocycles. The van der Waals surface area contributed by atoms with E-state index in [4.69, 9.17) is 4.74 Å². The first kappa shape index (κ1) is 18.1. The smallest absolute Gasteiger partial charge is 0.0793 e. The van der Waals surface area contributed by atoms with Gasteiger partial charge in [0.25, 0.3) is 0 Å². The van der Waals surface area contributed by atoms with E-state index in [1.165, 1.54) is 12.8 Å². The molecule has 2 aliphatic heterocycles. The molecule has 0 radical (unpaired) electrons. The quantitative estimate of drug-likeness (QED) is 0.750. The summed E-state index contributed by atoms with van der Waals surface area (Å²) >= 11 is 0. The van der Waals surface area contributed by atoms with Crippen LogP contribution in [0.4, 0.5) is 0 Å². The predicted molar refractivity (Wildman–Crippen MR) is 90.2 cm³/mol. The van der Waals surface area contributed by atoms with E-state index in [2.05, 4.69) is 28.5 Å². The third-order valence-electron chi connectivity index (χ3n) is 5.25. The molecule has 2 fully saturated rings. The van der Waals surface area contributed by atoms with Gasteiger partial charge in [0.1, 0.15) is 0 Å². The Morgan fingerprint density at radius 1 is 1.05 bits per heavy atom. The number of hydrogen-bond acceptors (Lipinski definition) is 5. The lowest BCUT2D eigenvalue weighted by molar-refractivity contribution is 0.0194. The van der Waals surface area contributed by atoms with E-state index in [0.29, 0.717) is 6.04 Å². The largest absolute Gasteiger partial charge is 0.390 e. The molecule has 0 bridgehead atoms. The van der Waals surface area contributed by atoms with Gasteiger partial charge in [0.05, 0.1) is 12.7 Å². The summed E-state index contributed by atoms with van der Waals surface area (Å²) in [5, 5.41) is 10.4. The highest BCUT2D eigenvalue weighted by Gasteiger charge is 2.25. The minimum atomic E-state index is -0.217. The zero-order valence-corrected chi connectivity index (χ0v) is 14.7. The molecule has 0 aromatic heterocycles. The Bertz CT molecular complexity index is 308. The number of nitrogens with zero attached hydrogens (tertiary/aromatic N) is 3. The van der Waals surface area contributed by atoms with Crippen LogP contribution < -0.4 is 0 Å². The predicted octanol–water partition coefficient (Wildman–Crippen LogP) is 0.732.